The highest BCUT2D eigenvalue weighted by Crippen LogP contribution is 2.10. The van der Waals surface area contributed by atoms with Crippen LogP contribution in [0.15, 0.2) is 12.7 Å². The summed E-state index contributed by atoms with van der Waals surface area (Å²) in [6, 6.07) is 0. The van der Waals surface area contributed by atoms with Crippen molar-refractivity contribution < 1.29 is 5.11 Å². The summed E-state index contributed by atoms with van der Waals surface area (Å²) in [5, 5.41) is 9.44. The predicted molar refractivity (Wildman–Crippen MR) is 58.8 cm³/mol. The maximum Gasteiger partial charge on any atom is 0.0540 e. The smallest absolute Gasteiger partial charge is 0.0540 e. The van der Waals surface area contributed by atoms with Crippen LogP contribution in [0.5, 0.6) is 0 Å². The number of unbranched alkanes of at least 4 members (excludes halogenated alkanes) is 4. The number of aliphatic hydroxyl groups is 1. The van der Waals surface area contributed by atoms with Crippen molar-refractivity contribution in [3.05, 3.63) is 12.7 Å². The van der Waals surface area contributed by atoms with E-state index in [4.69, 9.17) is 0 Å². The molecule has 0 amide bonds. The quantitative estimate of drug-likeness (QED) is 0.428. The summed E-state index contributed by atoms with van der Waals surface area (Å²) in [5.74, 6) is 0. The summed E-state index contributed by atoms with van der Waals surface area (Å²) >= 11 is 0. The fourth-order valence-electron chi connectivity index (χ4n) is 1.50. The molecule has 0 aliphatic rings. The lowest BCUT2D eigenvalue weighted by molar-refractivity contribution is 0.150. The largest absolute Gasteiger partial charge is 0.393 e. The molecule has 0 rings (SSSR count). The highest BCUT2D eigenvalue weighted by atomic mass is 16.3. The van der Waals surface area contributed by atoms with E-state index in [1.54, 1.807) is 0 Å². The molecule has 1 atom stereocenters. The lowest BCUT2D eigenvalue weighted by Crippen LogP contribution is -2.04. The Labute approximate surface area is 82.9 Å². The van der Waals surface area contributed by atoms with E-state index >= 15 is 0 Å². The van der Waals surface area contributed by atoms with Gasteiger partial charge in [-0.1, -0.05) is 38.7 Å². The first kappa shape index (κ1) is 12.7. The average molecular weight is 184 g/mol. The van der Waals surface area contributed by atoms with Crippen molar-refractivity contribution in [2.75, 3.05) is 0 Å². The summed E-state index contributed by atoms with van der Waals surface area (Å²) in [6.07, 6.45) is 11.1. The number of aliphatic hydroxyl groups excluding tert-OH is 1. The fraction of sp³-hybridized carbons (Fsp3) is 0.833. The monoisotopic (exact) mass is 184 g/mol. The van der Waals surface area contributed by atoms with E-state index in [-0.39, 0.29) is 6.10 Å². The highest BCUT2D eigenvalue weighted by molar-refractivity contribution is 4.65. The first-order valence-electron chi connectivity index (χ1n) is 5.60. The third kappa shape index (κ3) is 9.62. The highest BCUT2D eigenvalue weighted by Gasteiger charge is 2.00. The third-order valence-electron chi connectivity index (χ3n) is 2.32. The summed E-state index contributed by atoms with van der Waals surface area (Å²) in [6.45, 7) is 5.81. The lowest BCUT2D eigenvalue weighted by atomic mass is 10.1. The van der Waals surface area contributed by atoms with Gasteiger partial charge in [-0.05, 0) is 25.7 Å². The van der Waals surface area contributed by atoms with Gasteiger partial charge in [-0.3, -0.25) is 0 Å². The molecule has 1 nitrogen and oxygen atoms in total. The van der Waals surface area contributed by atoms with E-state index in [0.29, 0.717) is 0 Å². The van der Waals surface area contributed by atoms with Gasteiger partial charge in [0.2, 0.25) is 0 Å². The summed E-state index contributed by atoms with van der Waals surface area (Å²) in [4.78, 5) is 0. The Morgan fingerprint density at radius 2 is 1.85 bits per heavy atom. The van der Waals surface area contributed by atoms with Crippen molar-refractivity contribution in [3.8, 4) is 0 Å². The van der Waals surface area contributed by atoms with Gasteiger partial charge in [0.25, 0.3) is 0 Å². The molecule has 0 heterocycles. The van der Waals surface area contributed by atoms with Crippen molar-refractivity contribution in [1.29, 1.82) is 0 Å². The molecule has 0 aliphatic carbocycles. The summed E-state index contributed by atoms with van der Waals surface area (Å²) in [5.41, 5.74) is 0. The zero-order valence-corrected chi connectivity index (χ0v) is 8.97. The van der Waals surface area contributed by atoms with Gasteiger partial charge in [-0.25, -0.2) is 0 Å². The van der Waals surface area contributed by atoms with Gasteiger partial charge in [0.15, 0.2) is 0 Å². The van der Waals surface area contributed by atoms with Gasteiger partial charge in [-0.2, -0.15) is 0 Å². The van der Waals surface area contributed by atoms with Gasteiger partial charge in [0.1, 0.15) is 0 Å². The fourth-order valence-corrected chi connectivity index (χ4v) is 1.50. The van der Waals surface area contributed by atoms with Crippen LogP contribution in [0, 0.1) is 0 Å². The van der Waals surface area contributed by atoms with Crippen LogP contribution in [0.3, 0.4) is 0 Å². The molecule has 0 spiro atoms. The molecule has 0 aromatic carbocycles. The number of allylic oxidation sites excluding steroid dienone is 1. The maximum absolute atomic E-state index is 9.44. The first-order chi connectivity index (χ1) is 6.31. The normalized spacial score (nSPS) is 12.8. The van der Waals surface area contributed by atoms with E-state index < -0.39 is 0 Å². The van der Waals surface area contributed by atoms with E-state index in [1.165, 1.54) is 25.7 Å². The Balaban J connectivity index is 3.01. The van der Waals surface area contributed by atoms with Gasteiger partial charge < -0.3 is 5.11 Å². The molecular weight excluding hydrogens is 160 g/mol. The average Bonchev–Trinajstić information content (AvgIpc) is 2.11. The minimum absolute atomic E-state index is 0.0515. The molecule has 0 aromatic heterocycles. The van der Waals surface area contributed by atoms with Crippen LogP contribution in [0.1, 0.15) is 58.3 Å². The molecule has 13 heavy (non-hydrogen) atoms. The van der Waals surface area contributed by atoms with Gasteiger partial charge in [0.05, 0.1) is 6.10 Å². The van der Waals surface area contributed by atoms with E-state index in [1.807, 2.05) is 6.08 Å². The SMILES string of the molecule is C=CCCCCCCC(O)CCC. The minimum Gasteiger partial charge on any atom is -0.393 e. The second kappa shape index (κ2) is 9.79. The van der Waals surface area contributed by atoms with E-state index in [2.05, 4.69) is 13.5 Å². The molecule has 0 saturated heterocycles. The van der Waals surface area contributed by atoms with Crippen molar-refractivity contribution in [2.45, 2.75) is 64.4 Å². The molecule has 0 radical (unpaired) electrons. The summed E-state index contributed by atoms with van der Waals surface area (Å²) in [7, 11) is 0. The zero-order chi connectivity index (χ0) is 9.94. The van der Waals surface area contributed by atoms with Crippen LogP contribution < -0.4 is 0 Å². The van der Waals surface area contributed by atoms with Crippen LogP contribution in [0.25, 0.3) is 0 Å². The van der Waals surface area contributed by atoms with E-state index in [9.17, 15) is 5.11 Å². The van der Waals surface area contributed by atoms with Crippen molar-refractivity contribution >= 4 is 0 Å². The van der Waals surface area contributed by atoms with Crippen LogP contribution in [-0.2, 0) is 0 Å². The van der Waals surface area contributed by atoms with Crippen molar-refractivity contribution in [3.63, 3.8) is 0 Å². The number of hydrogen-bond donors (Lipinski definition) is 1. The maximum atomic E-state index is 9.44. The Hall–Kier alpha value is -0.300. The molecule has 1 heteroatoms. The number of rotatable bonds is 9. The van der Waals surface area contributed by atoms with Gasteiger partial charge in [0, 0.05) is 0 Å². The molecule has 1 N–H and O–H groups in total. The minimum atomic E-state index is -0.0515. The molecule has 0 fully saturated rings. The van der Waals surface area contributed by atoms with E-state index in [0.717, 1.165) is 25.7 Å². The van der Waals surface area contributed by atoms with Gasteiger partial charge in [-0.15, -0.1) is 6.58 Å². The zero-order valence-electron chi connectivity index (χ0n) is 8.97. The molecule has 0 saturated carbocycles. The lowest BCUT2D eigenvalue weighted by Gasteiger charge is -2.07. The van der Waals surface area contributed by atoms with Crippen LogP contribution in [-0.4, -0.2) is 11.2 Å². The second-order valence-corrected chi connectivity index (χ2v) is 3.72. The topological polar surface area (TPSA) is 20.2 Å². The Kier molecular flexibility index (Phi) is 9.56. The molecule has 1 unspecified atom stereocenters. The van der Waals surface area contributed by atoms with Crippen LogP contribution >= 0.6 is 0 Å². The second-order valence-electron chi connectivity index (χ2n) is 3.72. The molecule has 0 aliphatic heterocycles. The summed E-state index contributed by atoms with van der Waals surface area (Å²) < 4.78 is 0. The Bertz CT molecular complexity index is 110. The Morgan fingerprint density at radius 1 is 1.15 bits per heavy atom. The molecule has 0 bridgehead atoms. The van der Waals surface area contributed by atoms with Gasteiger partial charge >= 0.3 is 0 Å². The third-order valence-corrected chi connectivity index (χ3v) is 2.32. The molecule has 0 aromatic rings. The molecule has 78 valence electrons. The Morgan fingerprint density at radius 3 is 2.46 bits per heavy atom. The first-order valence-corrected chi connectivity index (χ1v) is 5.60. The predicted octanol–water partition coefficient (Wildman–Crippen LogP) is 3.67. The standard InChI is InChI=1S/C12H24O/c1-3-5-6-7-8-9-11-12(13)10-4-2/h3,12-13H,1,4-11H2,2H3. The van der Waals surface area contributed by atoms with Crippen molar-refractivity contribution in [2.24, 2.45) is 0 Å². The molecular formula is C12H24O. The van der Waals surface area contributed by atoms with Crippen LogP contribution in [0.4, 0.5) is 0 Å². The van der Waals surface area contributed by atoms with Crippen LogP contribution in [0.2, 0.25) is 0 Å². The number of hydrogen-bond acceptors (Lipinski definition) is 1. The van der Waals surface area contributed by atoms with Crippen molar-refractivity contribution in [1.82, 2.24) is 0 Å².